The minimum atomic E-state index is -0.858. The molecule has 174 valence electrons. The van der Waals surface area contributed by atoms with Crippen LogP contribution in [0.1, 0.15) is 43.7 Å². The topological polar surface area (TPSA) is 95.9 Å². The third-order valence-electron chi connectivity index (χ3n) is 6.78. The van der Waals surface area contributed by atoms with Crippen molar-refractivity contribution in [3.8, 4) is 11.1 Å². The molecule has 2 N–H and O–H groups in total. The van der Waals surface area contributed by atoms with Crippen LogP contribution in [0.2, 0.25) is 0 Å². The first-order valence-electron chi connectivity index (χ1n) is 11.5. The van der Waals surface area contributed by atoms with Crippen LogP contribution in [-0.2, 0) is 14.3 Å². The van der Waals surface area contributed by atoms with E-state index in [1.807, 2.05) is 38.1 Å². The first-order chi connectivity index (χ1) is 15.8. The summed E-state index contributed by atoms with van der Waals surface area (Å²) in [5, 5.41) is 12.0. The SMILES string of the molecule is CC(CCC(=O)N1CC(C)C(C(=O)O)C1)NC(=O)OCC1c2ccccc2-c2ccccc21. The Morgan fingerprint density at radius 2 is 1.67 bits per heavy atom. The van der Waals surface area contributed by atoms with Gasteiger partial charge in [0, 0.05) is 31.5 Å². The van der Waals surface area contributed by atoms with Crippen molar-refractivity contribution < 1.29 is 24.2 Å². The molecule has 0 aromatic heterocycles. The number of carbonyl (C=O) groups excluding carboxylic acids is 2. The number of alkyl carbamates (subject to hydrolysis) is 1. The quantitative estimate of drug-likeness (QED) is 0.668. The summed E-state index contributed by atoms with van der Waals surface area (Å²) in [6, 6.07) is 16.1. The van der Waals surface area contributed by atoms with Gasteiger partial charge >= 0.3 is 12.1 Å². The van der Waals surface area contributed by atoms with Gasteiger partial charge in [0.15, 0.2) is 0 Å². The summed E-state index contributed by atoms with van der Waals surface area (Å²) >= 11 is 0. The lowest BCUT2D eigenvalue weighted by Gasteiger charge is -2.19. The van der Waals surface area contributed by atoms with Crippen molar-refractivity contribution in [3.63, 3.8) is 0 Å². The number of hydrogen-bond donors (Lipinski definition) is 2. The van der Waals surface area contributed by atoms with Crippen LogP contribution in [0.5, 0.6) is 0 Å². The van der Waals surface area contributed by atoms with Gasteiger partial charge in [0.2, 0.25) is 5.91 Å². The van der Waals surface area contributed by atoms with Crippen molar-refractivity contribution in [2.75, 3.05) is 19.7 Å². The predicted octanol–water partition coefficient (Wildman–Crippen LogP) is 3.87. The number of carboxylic acid groups (broad SMARTS) is 1. The molecular weight excluding hydrogens is 420 g/mol. The third-order valence-corrected chi connectivity index (χ3v) is 6.78. The zero-order valence-electron chi connectivity index (χ0n) is 19.0. The molecular formula is C26H30N2O5. The Bertz CT molecular complexity index is 1010. The van der Waals surface area contributed by atoms with Gasteiger partial charge < -0.3 is 20.1 Å². The van der Waals surface area contributed by atoms with Gasteiger partial charge in [0.1, 0.15) is 6.61 Å². The van der Waals surface area contributed by atoms with Gasteiger partial charge in [0.25, 0.3) is 0 Å². The van der Waals surface area contributed by atoms with Gasteiger partial charge in [-0.25, -0.2) is 4.79 Å². The van der Waals surface area contributed by atoms with Crippen LogP contribution >= 0.6 is 0 Å². The van der Waals surface area contributed by atoms with Gasteiger partial charge in [-0.05, 0) is 41.5 Å². The number of carbonyl (C=O) groups is 3. The minimum Gasteiger partial charge on any atom is -0.481 e. The van der Waals surface area contributed by atoms with Crippen molar-refractivity contribution in [1.82, 2.24) is 10.2 Å². The summed E-state index contributed by atoms with van der Waals surface area (Å²) in [6.07, 6.45) is 0.216. The highest BCUT2D eigenvalue weighted by Gasteiger charge is 2.36. The second kappa shape index (κ2) is 9.65. The van der Waals surface area contributed by atoms with Crippen LogP contribution in [0.25, 0.3) is 11.1 Å². The molecule has 0 saturated carbocycles. The van der Waals surface area contributed by atoms with Crippen molar-refractivity contribution in [3.05, 3.63) is 59.7 Å². The lowest BCUT2D eigenvalue weighted by molar-refractivity contribution is -0.142. The molecule has 1 aliphatic carbocycles. The summed E-state index contributed by atoms with van der Waals surface area (Å²) < 4.78 is 5.56. The Morgan fingerprint density at radius 1 is 1.06 bits per heavy atom. The summed E-state index contributed by atoms with van der Waals surface area (Å²) in [5.74, 6) is -1.50. The molecule has 33 heavy (non-hydrogen) atoms. The Balaban J connectivity index is 1.25. The number of nitrogens with zero attached hydrogens (tertiary/aromatic N) is 1. The molecule has 2 aromatic carbocycles. The van der Waals surface area contributed by atoms with E-state index in [4.69, 9.17) is 4.74 Å². The molecule has 0 bridgehead atoms. The van der Waals surface area contributed by atoms with Crippen LogP contribution in [0.4, 0.5) is 4.79 Å². The summed E-state index contributed by atoms with van der Waals surface area (Å²) in [6.45, 7) is 4.65. The highest BCUT2D eigenvalue weighted by Crippen LogP contribution is 2.44. The second-order valence-electron chi connectivity index (χ2n) is 9.13. The van der Waals surface area contributed by atoms with E-state index in [1.165, 1.54) is 11.1 Å². The monoisotopic (exact) mass is 450 g/mol. The van der Waals surface area contributed by atoms with E-state index >= 15 is 0 Å². The molecule has 3 atom stereocenters. The number of aliphatic carboxylic acids is 1. The number of amides is 2. The summed E-state index contributed by atoms with van der Waals surface area (Å²) in [5.41, 5.74) is 4.67. The van der Waals surface area contributed by atoms with Crippen LogP contribution in [-0.4, -0.2) is 53.7 Å². The Morgan fingerprint density at radius 3 is 2.24 bits per heavy atom. The Labute approximate surface area is 193 Å². The maximum atomic E-state index is 12.5. The van der Waals surface area contributed by atoms with Gasteiger partial charge in [-0.15, -0.1) is 0 Å². The lowest BCUT2D eigenvalue weighted by atomic mass is 9.98. The predicted molar refractivity (Wildman–Crippen MR) is 124 cm³/mol. The van der Waals surface area contributed by atoms with E-state index in [-0.39, 0.29) is 43.4 Å². The second-order valence-corrected chi connectivity index (χ2v) is 9.13. The third kappa shape index (κ3) is 4.87. The smallest absolute Gasteiger partial charge is 0.407 e. The van der Waals surface area contributed by atoms with Gasteiger partial charge in [-0.2, -0.15) is 0 Å². The van der Waals surface area contributed by atoms with Crippen LogP contribution in [0.15, 0.2) is 48.5 Å². The molecule has 1 saturated heterocycles. The van der Waals surface area contributed by atoms with Crippen LogP contribution in [0.3, 0.4) is 0 Å². The molecule has 2 amide bonds. The largest absolute Gasteiger partial charge is 0.481 e. The normalized spacial score (nSPS) is 20.1. The molecule has 2 aliphatic rings. The minimum absolute atomic E-state index is 0.000582. The number of carboxylic acids is 1. The molecule has 1 aliphatic heterocycles. The number of hydrogen-bond acceptors (Lipinski definition) is 4. The maximum Gasteiger partial charge on any atom is 0.407 e. The summed E-state index contributed by atoms with van der Waals surface area (Å²) in [4.78, 5) is 37.7. The number of fused-ring (bicyclic) bond motifs is 3. The standard InChI is InChI=1S/C26H30N2O5/c1-16-13-28(14-22(16)25(30)31)24(29)12-11-17(2)27-26(32)33-15-23-20-9-5-3-7-18(20)19-8-4-6-10-21(19)23/h3-10,16-17,22-23H,11-15H2,1-2H3,(H,27,32)(H,30,31). The van der Waals surface area contributed by atoms with Gasteiger partial charge in [0.05, 0.1) is 5.92 Å². The zero-order valence-corrected chi connectivity index (χ0v) is 19.0. The number of rotatable bonds is 7. The van der Waals surface area contributed by atoms with Crippen molar-refractivity contribution in [1.29, 1.82) is 0 Å². The first-order valence-corrected chi connectivity index (χ1v) is 11.5. The van der Waals surface area contributed by atoms with Crippen molar-refractivity contribution in [2.45, 2.75) is 38.6 Å². The first kappa shape index (κ1) is 22.8. The molecule has 1 fully saturated rings. The van der Waals surface area contributed by atoms with E-state index in [2.05, 4.69) is 29.6 Å². The Hall–Kier alpha value is -3.35. The van der Waals surface area contributed by atoms with Gasteiger partial charge in [-0.3, -0.25) is 9.59 Å². The molecule has 4 rings (SSSR count). The molecule has 3 unspecified atom stereocenters. The average Bonchev–Trinajstić information content (AvgIpc) is 3.34. The highest BCUT2D eigenvalue weighted by atomic mass is 16.5. The lowest BCUT2D eigenvalue weighted by Crippen LogP contribution is -2.36. The molecule has 0 radical (unpaired) electrons. The number of ether oxygens (including phenoxy) is 1. The fourth-order valence-corrected chi connectivity index (χ4v) is 4.90. The van der Waals surface area contributed by atoms with E-state index < -0.39 is 18.0 Å². The van der Waals surface area contributed by atoms with E-state index in [0.717, 1.165) is 11.1 Å². The number of nitrogens with one attached hydrogen (secondary N) is 1. The fraction of sp³-hybridized carbons (Fsp3) is 0.423. The molecule has 0 spiro atoms. The van der Waals surface area contributed by atoms with Crippen LogP contribution in [0, 0.1) is 11.8 Å². The van der Waals surface area contributed by atoms with Gasteiger partial charge in [-0.1, -0.05) is 55.5 Å². The van der Waals surface area contributed by atoms with E-state index in [0.29, 0.717) is 13.0 Å². The van der Waals surface area contributed by atoms with E-state index in [1.54, 1.807) is 4.90 Å². The van der Waals surface area contributed by atoms with Crippen molar-refractivity contribution >= 4 is 18.0 Å². The maximum absolute atomic E-state index is 12.5. The Kier molecular flexibility index (Phi) is 6.67. The summed E-state index contributed by atoms with van der Waals surface area (Å²) in [7, 11) is 0. The number of likely N-dealkylation sites (tertiary alicyclic amines) is 1. The number of benzene rings is 2. The molecule has 7 nitrogen and oxygen atoms in total. The molecule has 2 aromatic rings. The molecule has 1 heterocycles. The van der Waals surface area contributed by atoms with Crippen molar-refractivity contribution in [2.24, 2.45) is 11.8 Å². The zero-order chi connectivity index (χ0) is 23.5. The molecule has 7 heteroatoms. The van der Waals surface area contributed by atoms with Crippen LogP contribution < -0.4 is 5.32 Å². The average molecular weight is 451 g/mol. The highest BCUT2D eigenvalue weighted by molar-refractivity contribution is 5.80. The fourth-order valence-electron chi connectivity index (χ4n) is 4.90. The van der Waals surface area contributed by atoms with E-state index in [9.17, 15) is 19.5 Å².